The van der Waals surface area contributed by atoms with E-state index < -0.39 is 17.9 Å². The van der Waals surface area contributed by atoms with Gasteiger partial charge in [-0.05, 0) is 30.7 Å². The Morgan fingerprint density at radius 1 is 0.889 bits per heavy atom. The molecule has 0 atom stereocenters. The molecular weight excluding hydrogens is 240 g/mol. The average molecular weight is 254 g/mol. The third kappa shape index (κ3) is 6.26. The van der Waals surface area contributed by atoms with Crippen LogP contribution in [0.25, 0.3) is 0 Å². The molecule has 0 fully saturated rings. The zero-order chi connectivity index (χ0) is 14.1. The lowest BCUT2D eigenvalue weighted by molar-refractivity contribution is -0.137. The van der Waals surface area contributed by atoms with Gasteiger partial charge in [-0.2, -0.15) is 0 Å². The summed E-state index contributed by atoms with van der Waals surface area (Å²) in [5.74, 6) is -2.84. The van der Waals surface area contributed by atoms with Gasteiger partial charge in [0.15, 0.2) is 0 Å². The van der Waals surface area contributed by atoms with Crippen molar-refractivity contribution in [3.63, 3.8) is 0 Å². The monoisotopic (exact) mass is 254 g/mol. The Balaban J connectivity index is 0.000000411. The van der Waals surface area contributed by atoms with Gasteiger partial charge in [0.25, 0.3) is 0 Å². The van der Waals surface area contributed by atoms with Crippen LogP contribution in [0.1, 0.15) is 40.5 Å². The minimum atomic E-state index is -1.06. The summed E-state index contributed by atoms with van der Waals surface area (Å²) in [5.41, 5.74) is 0.167. The van der Waals surface area contributed by atoms with E-state index in [1.807, 2.05) is 6.92 Å². The highest BCUT2D eigenvalue weighted by Gasteiger charge is 2.04. The number of hydrogen-bond acceptors (Lipinski definition) is 3. The van der Waals surface area contributed by atoms with Crippen LogP contribution in [0.5, 0.6) is 0 Å². The lowest BCUT2D eigenvalue weighted by atomic mass is 10.1. The quantitative estimate of drug-likeness (QED) is 0.757. The third-order valence-corrected chi connectivity index (χ3v) is 1.84. The second-order valence-electron chi connectivity index (χ2n) is 3.33. The fourth-order valence-electron chi connectivity index (χ4n) is 0.969. The zero-order valence-electron chi connectivity index (χ0n) is 9.79. The first kappa shape index (κ1) is 15.6. The van der Waals surface area contributed by atoms with E-state index in [0.29, 0.717) is 6.42 Å². The fourth-order valence-corrected chi connectivity index (χ4v) is 0.969. The molecule has 0 saturated heterocycles. The van der Waals surface area contributed by atoms with Gasteiger partial charge >= 0.3 is 17.9 Å². The molecule has 98 valence electrons. The van der Waals surface area contributed by atoms with Gasteiger partial charge in [-0.1, -0.05) is 6.92 Å². The maximum Gasteiger partial charge on any atom is 0.335 e. The number of carboxylic acids is 3. The first-order valence-corrected chi connectivity index (χ1v) is 5.17. The van der Waals surface area contributed by atoms with Gasteiger partial charge in [0.05, 0.1) is 11.1 Å². The fraction of sp³-hybridized carbons (Fsp3) is 0.250. The Bertz CT molecular complexity index is 388. The smallest absolute Gasteiger partial charge is 0.335 e. The number of aromatic carboxylic acids is 2. The molecule has 18 heavy (non-hydrogen) atoms. The Kier molecular flexibility index (Phi) is 6.80. The molecule has 0 heterocycles. The van der Waals surface area contributed by atoms with Gasteiger partial charge in [0, 0.05) is 6.42 Å². The van der Waals surface area contributed by atoms with E-state index in [9.17, 15) is 14.4 Å². The Hall–Kier alpha value is -2.37. The number of benzene rings is 1. The van der Waals surface area contributed by atoms with E-state index in [1.165, 1.54) is 24.3 Å². The standard InChI is InChI=1S/C8H6O4.C4H8O2/c9-7(10)5-1-2-6(4-3-5)8(11)12;1-2-3-4(5)6/h1-4H,(H,9,10)(H,11,12);2-3H2,1H3,(H,5,6). The Morgan fingerprint density at radius 3 is 1.33 bits per heavy atom. The lowest BCUT2D eigenvalue weighted by Gasteiger charge is -1.94. The van der Waals surface area contributed by atoms with Crippen molar-refractivity contribution < 1.29 is 29.7 Å². The van der Waals surface area contributed by atoms with Crippen molar-refractivity contribution in [1.82, 2.24) is 0 Å². The highest BCUT2D eigenvalue weighted by atomic mass is 16.4. The molecule has 0 unspecified atom stereocenters. The molecule has 1 aromatic rings. The summed E-state index contributed by atoms with van der Waals surface area (Å²) in [6.07, 6.45) is 1.02. The topological polar surface area (TPSA) is 112 Å². The van der Waals surface area contributed by atoms with Crippen molar-refractivity contribution in [2.75, 3.05) is 0 Å². The van der Waals surface area contributed by atoms with E-state index in [2.05, 4.69) is 0 Å². The van der Waals surface area contributed by atoms with Crippen molar-refractivity contribution in [2.24, 2.45) is 0 Å². The first-order valence-electron chi connectivity index (χ1n) is 5.17. The van der Waals surface area contributed by atoms with Gasteiger partial charge in [-0.25, -0.2) is 9.59 Å². The van der Waals surface area contributed by atoms with E-state index in [0.717, 1.165) is 6.42 Å². The SMILES string of the molecule is CCCC(=O)O.O=C(O)c1ccc(C(=O)O)cc1. The minimum absolute atomic E-state index is 0.0833. The molecule has 0 aliphatic rings. The molecule has 0 amide bonds. The van der Waals surface area contributed by atoms with Crippen LogP contribution >= 0.6 is 0 Å². The van der Waals surface area contributed by atoms with Crippen LogP contribution in [0, 0.1) is 0 Å². The van der Waals surface area contributed by atoms with E-state index >= 15 is 0 Å². The summed E-state index contributed by atoms with van der Waals surface area (Å²) in [6, 6.07) is 5.02. The van der Waals surface area contributed by atoms with Crippen LogP contribution in [0.4, 0.5) is 0 Å². The molecule has 0 aliphatic heterocycles. The van der Waals surface area contributed by atoms with Gasteiger partial charge in [0.2, 0.25) is 0 Å². The summed E-state index contributed by atoms with van der Waals surface area (Å²) in [7, 11) is 0. The molecule has 1 aromatic carbocycles. The first-order chi connectivity index (χ1) is 8.38. The molecule has 0 radical (unpaired) electrons. The van der Waals surface area contributed by atoms with Crippen molar-refractivity contribution >= 4 is 17.9 Å². The molecule has 0 aliphatic carbocycles. The zero-order valence-corrected chi connectivity index (χ0v) is 9.79. The average Bonchev–Trinajstić information content (AvgIpc) is 2.29. The largest absolute Gasteiger partial charge is 0.481 e. The molecule has 1 rings (SSSR count). The predicted octanol–water partition coefficient (Wildman–Crippen LogP) is 1.95. The number of rotatable bonds is 4. The highest BCUT2D eigenvalue weighted by Crippen LogP contribution is 2.03. The van der Waals surface area contributed by atoms with Gasteiger partial charge in [0.1, 0.15) is 0 Å². The van der Waals surface area contributed by atoms with Crippen LogP contribution in [0.2, 0.25) is 0 Å². The van der Waals surface area contributed by atoms with E-state index in [1.54, 1.807) is 0 Å². The molecule has 0 spiro atoms. The van der Waals surface area contributed by atoms with E-state index in [4.69, 9.17) is 15.3 Å². The van der Waals surface area contributed by atoms with Crippen LogP contribution < -0.4 is 0 Å². The number of aliphatic carboxylic acids is 1. The molecule has 0 saturated carbocycles. The van der Waals surface area contributed by atoms with Crippen molar-refractivity contribution in [3.05, 3.63) is 35.4 Å². The number of hydrogen-bond donors (Lipinski definition) is 3. The van der Waals surface area contributed by atoms with Gasteiger partial charge < -0.3 is 15.3 Å². The molecule has 0 bridgehead atoms. The maximum atomic E-state index is 10.3. The van der Waals surface area contributed by atoms with Crippen LogP contribution in [-0.2, 0) is 4.79 Å². The molecular formula is C12H14O6. The normalized spacial score (nSPS) is 8.94. The van der Waals surface area contributed by atoms with Gasteiger partial charge in [-0.3, -0.25) is 4.79 Å². The number of carbonyl (C=O) groups is 3. The Labute approximate surface area is 103 Å². The molecule has 6 nitrogen and oxygen atoms in total. The molecule has 6 heteroatoms. The predicted molar refractivity (Wildman–Crippen MR) is 62.9 cm³/mol. The Morgan fingerprint density at radius 2 is 1.22 bits per heavy atom. The minimum Gasteiger partial charge on any atom is -0.481 e. The molecule has 0 aromatic heterocycles. The van der Waals surface area contributed by atoms with E-state index in [-0.39, 0.29) is 11.1 Å². The van der Waals surface area contributed by atoms with Crippen molar-refractivity contribution in [3.8, 4) is 0 Å². The summed E-state index contributed by atoms with van der Waals surface area (Å²) in [4.78, 5) is 30.3. The summed E-state index contributed by atoms with van der Waals surface area (Å²) < 4.78 is 0. The van der Waals surface area contributed by atoms with Crippen LogP contribution in [0.15, 0.2) is 24.3 Å². The third-order valence-electron chi connectivity index (χ3n) is 1.84. The van der Waals surface area contributed by atoms with Crippen molar-refractivity contribution in [2.45, 2.75) is 19.8 Å². The van der Waals surface area contributed by atoms with Crippen LogP contribution in [-0.4, -0.2) is 33.2 Å². The van der Waals surface area contributed by atoms with Crippen molar-refractivity contribution in [1.29, 1.82) is 0 Å². The summed E-state index contributed by atoms with van der Waals surface area (Å²) >= 11 is 0. The second-order valence-corrected chi connectivity index (χ2v) is 3.33. The van der Waals surface area contributed by atoms with Crippen LogP contribution in [0.3, 0.4) is 0 Å². The maximum absolute atomic E-state index is 10.3. The lowest BCUT2D eigenvalue weighted by Crippen LogP contribution is -1.99. The second kappa shape index (κ2) is 7.83. The summed E-state index contributed by atoms with van der Waals surface area (Å²) in [5, 5.41) is 24.8. The number of carboxylic acid groups (broad SMARTS) is 3. The molecule has 3 N–H and O–H groups in total. The highest BCUT2D eigenvalue weighted by molar-refractivity contribution is 5.91. The van der Waals surface area contributed by atoms with Gasteiger partial charge in [-0.15, -0.1) is 0 Å². The summed E-state index contributed by atoms with van der Waals surface area (Å²) in [6.45, 7) is 1.84.